The van der Waals surface area contributed by atoms with Crippen LogP contribution < -0.4 is 0 Å². The zero-order valence-electron chi connectivity index (χ0n) is 18.5. The average Bonchev–Trinajstić information content (AvgIpc) is 3.53. The predicted molar refractivity (Wildman–Crippen MR) is 116 cm³/mol. The van der Waals surface area contributed by atoms with Gasteiger partial charge in [0.15, 0.2) is 0 Å². The molecular formula is C24H34FN3O3. The minimum absolute atomic E-state index is 0.0375. The van der Waals surface area contributed by atoms with E-state index in [1.165, 1.54) is 12.1 Å². The summed E-state index contributed by atoms with van der Waals surface area (Å²) in [5, 5.41) is 0. The molecule has 6 nitrogen and oxygen atoms in total. The molecule has 7 heteroatoms. The van der Waals surface area contributed by atoms with Crippen molar-refractivity contribution in [1.82, 2.24) is 14.7 Å². The van der Waals surface area contributed by atoms with Crippen molar-refractivity contribution in [2.24, 2.45) is 5.92 Å². The number of likely N-dealkylation sites (tertiary alicyclic amines) is 1. The number of nitrogens with zero attached hydrogens (tertiary/aromatic N) is 3. The minimum atomic E-state index is -0.289. The molecule has 0 aromatic heterocycles. The number of rotatable bonds is 8. The van der Waals surface area contributed by atoms with Crippen molar-refractivity contribution in [3.05, 3.63) is 35.6 Å². The number of ether oxygens (including phenoxy) is 1. The molecule has 1 aromatic carbocycles. The number of amides is 2. The maximum Gasteiger partial charge on any atom is 0.226 e. The van der Waals surface area contributed by atoms with Crippen molar-refractivity contribution in [1.29, 1.82) is 0 Å². The zero-order valence-corrected chi connectivity index (χ0v) is 18.5. The molecule has 1 atom stereocenters. The molecule has 4 rings (SSSR count). The van der Waals surface area contributed by atoms with Crippen molar-refractivity contribution < 1.29 is 18.7 Å². The van der Waals surface area contributed by atoms with E-state index >= 15 is 0 Å². The fourth-order valence-corrected chi connectivity index (χ4v) is 4.78. The Bertz CT molecular complexity index is 762. The molecule has 170 valence electrons. The van der Waals surface area contributed by atoms with Crippen LogP contribution in [0.2, 0.25) is 0 Å². The highest BCUT2D eigenvalue weighted by Gasteiger charge is 2.39. The van der Waals surface area contributed by atoms with Crippen LogP contribution in [0.25, 0.3) is 0 Å². The molecule has 3 aliphatic rings. The van der Waals surface area contributed by atoms with E-state index in [0.29, 0.717) is 24.5 Å². The Labute approximate surface area is 184 Å². The summed E-state index contributed by atoms with van der Waals surface area (Å²) < 4.78 is 18.7. The van der Waals surface area contributed by atoms with Gasteiger partial charge in [0, 0.05) is 64.4 Å². The number of halogens is 1. The van der Waals surface area contributed by atoms with Gasteiger partial charge in [-0.15, -0.1) is 0 Å². The van der Waals surface area contributed by atoms with E-state index in [-0.39, 0.29) is 24.1 Å². The summed E-state index contributed by atoms with van der Waals surface area (Å²) in [7, 11) is 1.84. The highest BCUT2D eigenvalue weighted by molar-refractivity contribution is 5.81. The standard InChI is InChI=1S/C24H34FN3O3/c1-26(23(29)16-18-2-6-20(25)7-3-18)12-13-28(21-9-14-31-15-10-21)22-8-11-27(17-22)24(30)19-4-5-19/h2-3,6-7,19,21-22H,4-5,8-17H2,1H3. The third-order valence-corrected chi connectivity index (χ3v) is 6.92. The fourth-order valence-electron chi connectivity index (χ4n) is 4.78. The zero-order chi connectivity index (χ0) is 21.8. The van der Waals surface area contributed by atoms with Gasteiger partial charge in [-0.25, -0.2) is 4.39 Å². The number of hydrogen-bond donors (Lipinski definition) is 0. The monoisotopic (exact) mass is 431 g/mol. The molecule has 1 aliphatic carbocycles. The molecule has 1 aromatic rings. The Morgan fingerprint density at radius 2 is 1.74 bits per heavy atom. The highest BCUT2D eigenvalue weighted by atomic mass is 19.1. The van der Waals surface area contributed by atoms with Crippen LogP contribution in [0.1, 0.15) is 37.7 Å². The maximum atomic E-state index is 13.1. The second kappa shape index (κ2) is 10.1. The van der Waals surface area contributed by atoms with Gasteiger partial charge >= 0.3 is 0 Å². The molecular weight excluding hydrogens is 397 g/mol. The summed E-state index contributed by atoms with van der Waals surface area (Å²) in [6.45, 7) is 4.64. The molecule has 2 amide bonds. The van der Waals surface area contributed by atoms with Gasteiger partial charge in [0.05, 0.1) is 6.42 Å². The van der Waals surface area contributed by atoms with Crippen LogP contribution in [0.3, 0.4) is 0 Å². The summed E-state index contributed by atoms with van der Waals surface area (Å²) >= 11 is 0. The van der Waals surface area contributed by atoms with Crippen molar-refractivity contribution >= 4 is 11.8 Å². The Kier molecular flexibility index (Phi) is 7.23. The predicted octanol–water partition coefficient (Wildman–Crippen LogP) is 2.32. The first-order valence-electron chi connectivity index (χ1n) is 11.6. The summed E-state index contributed by atoms with van der Waals surface area (Å²) in [4.78, 5) is 31.5. The van der Waals surface area contributed by atoms with Crippen molar-refractivity contribution in [3.63, 3.8) is 0 Å². The van der Waals surface area contributed by atoms with Crippen molar-refractivity contribution in [3.8, 4) is 0 Å². The summed E-state index contributed by atoms with van der Waals surface area (Å²) in [5.41, 5.74) is 0.824. The minimum Gasteiger partial charge on any atom is -0.381 e. The largest absolute Gasteiger partial charge is 0.381 e. The van der Waals surface area contributed by atoms with Gasteiger partial charge in [0.1, 0.15) is 5.82 Å². The first-order chi connectivity index (χ1) is 15.0. The molecule has 2 heterocycles. The number of carbonyl (C=O) groups is 2. The van der Waals surface area contributed by atoms with Gasteiger partial charge in [-0.1, -0.05) is 12.1 Å². The van der Waals surface area contributed by atoms with Gasteiger partial charge in [0.25, 0.3) is 0 Å². The number of hydrogen-bond acceptors (Lipinski definition) is 4. The van der Waals surface area contributed by atoms with Gasteiger partial charge < -0.3 is 14.5 Å². The van der Waals surface area contributed by atoms with Crippen LogP contribution in [0.5, 0.6) is 0 Å². The van der Waals surface area contributed by atoms with Crippen LogP contribution >= 0.6 is 0 Å². The lowest BCUT2D eigenvalue weighted by atomic mass is 10.0. The molecule has 1 unspecified atom stereocenters. The normalized spacial score (nSPS) is 22.2. The van der Waals surface area contributed by atoms with Crippen LogP contribution in [0.4, 0.5) is 4.39 Å². The molecule has 3 fully saturated rings. The molecule has 2 saturated heterocycles. The Morgan fingerprint density at radius 1 is 1.03 bits per heavy atom. The summed E-state index contributed by atoms with van der Waals surface area (Å²) in [6, 6.07) is 6.91. The highest BCUT2D eigenvalue weighted by Crippen LogP contribution is 2.33. The Morgan fingerprint density at radius 3 is 2.42 bits per heavy atom. The number of carbonyl (C=O) groups excluding carboxylic acids is 2. The summed E-state index contributed by atoms with van der Waals surface area (Å²) in [5.74, 6) is 0.351. The van der Waals surface area contributed by atoms with Gasteiger partial charge in [-0.3, -0.25) is 14.5 Å². The van der Waals surface area contributed by atoms with Crippen LogP contribution in [-0.2, 0) is 20.7 Å². The Hall–Kier alpha value is -1.99. The smallest absolute Gasteiger partial charge is 0.226 e. The van der Waals surface area contributed by atoms with E-state index < -0.39 is 0 Å². The van der Waals surface area contributed by atoms with Crippen LogP contribution in [0, 0.1) is 11.7 Å². The summed E-state index contributed by atoms with van der Waals surface area (Å²) in [6.07, 6.45) is 5.38. The lowest BCUT2D eigenvalue weighted by molar-refractivity contribution is -0.131. The van der Waals surface area contributed by atoms with E-state index in [1.807, 2.05) is 7.05 Å². The van der Waals surface area contributed by atoms with Crippen molar-refractivity contribution in [2.75, 3.05) is 46.4 Å². The number of likely N-dealkylation sites (N-methyl/N-ethyl adjacent to an activating group) is 1. The molecule has 0 radical (unpaired) electrons. The van der Waals surface area contributed by atoms with Gasteiger partial charge in [0.2, 0.25) is 11.8 Å². The fraction of sp³-hybridized carbons (Fsp3) is 0.667. The second-order valence-electron chi connectivity index (χ2n) is 9.20. The molecule has 1 saturated carbocycles. The molecule has 0 N–H and O–H groups in total. The first-order valence-corrected chi connectivity index (χ1v) is 11.6. The quantitative estimate of drug-likeness (QED) is 0.634. The van der Waals surface area contributed by atoms with E-state index in [2.05, 4.69) is 9.80 Å². The van der Waals surface area contributed by atoms with Crippen molar-refractivity contribution in [2.45, 2.75) is 50.6 Å². The molecule has 31 heavy (non-hydrogen) atoms. The van der Waals surface area contributed by atoms with E-state index in [0.717, 1.165) is 70.5 Å². The maximum absolute atomic E-state index is 13.1. The third kappa shape index (κ3) is 5.83. The molecule has 0 spiro atoms. The Balaban J connectivity index is 1.33. The lowest BCUT2D eigenvalue weighted by Crippen LogP contribution is -2.50. The van der Waals surface area contributed by atoms with Gasteiger partial charge in [-0.05, 0) is 49.8 Å². The molecule has 2 aliphatic heterocycles. The van der Waals surface area contributed by atoms with E-state index in [9.17, 15) is 14.0 Å². The lowest BCUT2D eigenvalue weighted by Gasteiger charge is -2.39. The molecule has 0 bridgehead atoms. The third-order valence-electron chi connectivity index (χ3n) is 6.92. The van der Waals surface area contributed by atoms with Gasteiger partial charge in [-0.2, -0.15) is 0 Å². The van der Waals surface area contributed by atoms with Crippen LogP contribution in [0.15, 0.2) is 24.3 Å². The topological polar surface area (TPSA) is 53.1 Å². The van der Waals surface area contributed by atoms with E-state index in [1.54, 1.807) is 17.0 Å². The second-order valence-corrected chi connectivity index (χ2v) is 9.20. The average molecular weight is 432 g/mol. The SMILES string of the molecule is CN(CCN(C1CCOCC1)C1CCN(C(=O)C2CC2)C1)C(=O)Cc1ccc(F)cc1. The van der Waals surface area contributed by atoms with Crippen LogP contribution in [-0.4, -0.2) is 85.0 Å². The van der Waals surface area contributed by atoms with E-state index in [4.69, 9.17) is 4.74 Å². The first kappa shape index (κ1) is 22.2. The number of benzene rings is 1.